The third-order valence-electron chi connectivity index (χ3n) is 3.19. The summed E-state index contributed by atoms with van der Waals surface area (Å²) in [7, 11) is 0. The lowest BCUT2D eigenvalue weighted by Crippen LogP contribution is -2.25. The summed E-state index contributed by atoms with van der Waals surface area (Å²) in [6.07, 6.45) is -0.0413. The number of carbonyl (C=O) groups excluding carboxylic acids is 1. The average Bonchev–Trinajstić information content (AvgIpc) is 2.90. The number of aromatic nitrogens is 1. The van der Waals surface area contributed by atoms with Gasteiger partial charge in [0.25, 0.3) is 0 Å². The maximum absolute atomic E-state index is 11.9. The van der Waals surface area contributed by atoms with Crippen LogP contribution in [0.2, 0.25) is 0 Å². The molecule has 3 rings (SSSR count). The number of rotatable bonds is 2. The number of hydrogen-bond donors (Lipinski definition) is 2. The van der Waals surface area contributed by atoms with Crippen LogP contribution < -0.4 is 10.7 Å². The van der Waals surface area contributed by atoms with Crippen LogP contribution in [0.5, 0.6) is 0 Å². The van der Waals surface area contributed by atoms with Crippen molar-refractivity contribution in [3.05, 3.63) is 28.7 Å². The molecule has 1 aromatic heterocycles. The molecule has 0 spiro atoms. The maximum Gasteiger partial charge on any atom is 0.417 e. The standard InChI is InChI=1S/C12H10N2O5/c15-9-4-6(11(16)17)5-14(9)8-3-1-2-7-10(8)19-12(18)13-7/h1-3,6H,4-5H2,(H,13,18)(H,16,17). The number of para-hydroxylation sites is 1. The first-order valence-electron chi connectivity index (χ1n) is 5.71. The van der Waals surface area contributed by atoms with Crippen LogP contribution in [0.3, 0.4) is 0 Å². The van der Waals surface area contributed by atoms with Crippen LogP contribution in [0.15, 0.2) is 27.4 Å². The normalized spacial score (nSPS) is 19.3. The second-order valence-electron chi connectivity index (χ2n) is 4.41. The van der Waals surface area contributed by atoms with Crippen molar-refractivity contribution in [3.8, 4) is 0 Å². The van der Waals surface area contributed by atoms with Crippen molar-refractivity contribution in [1.29, 1.82) is 0 Å². The van der Waals surface area contributed by atoms with Crippen molar-refractivity contribution < 1.29 is 19.1 Å². The number of aliphatic carboxylic acids is 1. The lowest BCUT2D eigenvalue weighted by molar-refractivity contribution is -0.141. The highest BCUT2D eigenvalue weighted by Gasteiger charge is 2.36. The second-order valence-corrected chi connectivity index (χ2v) is 4.41. The molecule has 7 heteroatoms. The summed E-state index contributed by atoms with van der Waals surface area (Å²) in [6, 6.07) is 4.95. The van der Waals surface area contributed by atoms with Crippen molar-refractivity contribution >= 4 is 28.7 Å². The number of carboxylic acids is 1. The van der Waals surface area contributed by atoms with E-state index in [1.807, 2.05) is 0 Å². The van der Waals surface area contributed by atoms with Gasteiger partial charge in [-0.05, 0) is 12.1 Å². The molecule has 98 valence electrons. The van der Waals surface area contributed by atoms with Gasteiger partial charge in [-0.15, -0.1) is 0 Å². The number of carbonyl (C=O) groups is 2. The minimum absolute atomic E-state index is 0.0413. The molecule has 2 aromatic rings. The zero-order chi connectivity index (χ0) is 13.6. The molecule has 2 N–H and O–H groups in total. The first kappa shape index (κ1) is 11.5. The summed E-state index contributed by atoms with van der Waals surface area (Å²) in [4.78, 5) is 37.8. The van der Waals surface area contributed by atoms with Gasteiger partial charge in [-0.2, -0.15) is 0 Å². The molecule has 0 radical (unpaired) electrons. The number of hydrogen-bond acceptors (Lipinski definition) is 4. The van der Waals surface area contributed by atoms with Gasteiger partial charge < -0.3 is 14.4 Å². The monoisotopic (exact) mass is 262 g/mol. The average molecular weight is 262 g/mol. The molecule has 0 bridgehead atoms. The van der Waals surface area contributed by atoms with Crippen molar-refractivity contribution in [2.45, 2.75) is 6.42 Å². The number of anilines is 1. The van der Waals surface area contributed by atoms with Crippen molar-refractivity contribution in [1.82, 2.24) is 4.98 Å². The largest absolute Gasteiger partial charge is 0.481 e. The summed E-state index contributed by atoms with van der Waals surface area (Å²) in [5, 5.41) is 8.95. The number of aromatic amines is 1. The molecule has 7 nitrogen and oxygen atoms in total. The van der Waals surface area contributed by atoms with E-state index in [4.69, 9.17) is 9.52 Å². The fourth-order valence-corrected chi connectivity index (χ4v) is 2.28. The molecule has 1 atom stereocenters. The fraction of sp³-hybridized carbons (Fsp3) is 0.250. The molecule has 1 saturated heterocycles. The van der Waals surface area contributed by atoms with Crippen molar-refractivity contribution in [2.75, 3.05) is 11.4 Å². The van der Waals surface area contributed by atoms with Gasteiger partial charge in [0, 0.05) is 13.0 Å². The minimum Gasteiger partial charge on any atom is -0.481 e. The van der Waals surface area contributed by atoms with Crippen LogP contribution in [0.25, 0.3) is 11.1 Å². The molecule has 1 unspecified atom stereocenters. The molecular weight excluding hydrogens is 252 g/mol. The molecule has 19 heavy (non-hydrogen) atoms. The lowest BCUT2D eigenvalue weighted by Gasteiger charge is -2.15. The third kappa shape index (κ3) is 1.79. The Bertz CT molecular complexity index is 729. The van der Waals surface area contributed by atoms with Gasteiger partial charge in [-0.1, -0.05) is 6.07 Å². The Kier molecular flexibility index (Phi) is 2.41. The number of fused-ring (bicyclic) bond motifs is 1. The van der Waals surface area contributed by atoms with E-state index >= 15 is 0 Å². The summed E-state index contributed by atoms with van der Waals surface area (Å²) in [6.45, 7) is 0.0855. The predicted octanol–water partition coefficient (Wildman–Crippen LogP) is 0.559. The van der Waals surface area contributed by atoms with Crippen LogP contribution in [-0.4, -0.2) is 28.5 Å². The lowest BCUT2D eigenvalue weighted by atomic mass is 10.1. The Morgan fingerprint density at radius 2 is 2.21 bits per heavy atom. The van der Waals surface area contributed by atoms with Gasteiger partial charge in [0.05, 0.1) is 17.1 Å². The summed E-state index contributed by atoms with van der Waals surface area (Å²) in [5.74, 6) is -2.63. The smallest absolute Gasteiger partial charge is 0.417 e. The number of oxazole rings is 1. The van der Waals surface area contributed by atoms with Crippen LogP contribution in [-0.2, 0) is 9.59 Å². The van der Waals surface area contributed by atoms with E-state index in [0.717, 1.165) is 0 Å². The summed E-state index contributed by atoms with van der Waals surface area (Å²) in [5.41, 5.74) is 1.17. The van der Waals surface area contributed by atoms with E-state index in [9.17, 15) is 14.4 Å². The van der Waals surface area contributed by atoms with Gasteiger partial charge in [-0.3, -0.25) is 14.6 Å². The van der Waals surface area contributed by atoms with Crippen molar-refractivity contribution in [2.24, 2.45) is 5.92 Å². The van der Waals surface area contributed by atoms with Crippen LogP contribution in [0.1, 0.15) is 6.42 Å². The van der Waals surface area contributed by atoms with Gasteiger partial charge in [-0.25, -0.2) is 4.79 Å². The summed E-state index contributed by atoms with van der Waals surface area (Å²) >= 11 is 0. The highest BCUT2D eigenvalue weighted by Crippen LogP contribution is 2.30. The molecule has 1 aromatic carbocycles. The molecular formula is C12H10N2O5. The van der Waals surface area contributed by atoms with Gasteiger partial charge in [0.15, 0.2) is 5.58 Å². The molecule has 1 fully saturated rings. The van der Waals surface area contributed by atoms with Gasteiger partial charge >= 0.3 is 11.7 Å². The Labute approximate surface area is 106 Å². The number of H-pyrrole nitrogens is 1. The third-order valence-corrected chi connectivity index (χ3v) is 3.19. The molecule has 2 heterocycles. The molecule has 1 aliphatic rings. The molecule has 0 aliphatic carbocycles. The number of amides is 1. The molecule has 0 saturated carbocycles. The van der Waals surface area contributed by atoms with E-state index in [1.165, 1.54) is 4.90 Å². The highest BCUT2D eigenvalue weighted by molar-refractivity contribution is 6.04. The minimum atomic E-state index is -1.00. The van der Waals surface area contributed by atoms with E-state index in [-0.39, 0.29) is 24.5 Å². The highest BCUT2D eigenvalue weighted by atomic mass is 16.4. The Morgan fingerprint density at radius 3 is 2.89 bits per heavy atom. The zero-order valence-electron chi connectivity index (χ0n) is 9.75. The second kappa shape index (κ2) is 3.98. The van der Waals surface area contributed by atoms with Gasteiger partial charge in [0.2, 0.25) is 5.91 Å². The predicted molar refractivity (Wildman–Crippen MR) is 64.9 cm³/mol. The first-order valence-corrected chi connectivity index (χ1v) is 5.71. The van der Waals surface area contributed by atoms with E-state index in [0.29, 0.717) is 11.2 Å². The van der Waals surface area contributed by atoms with Crippen LogP contribution >= 0.6 is 0 Å². The maximum atomic E-state index is 11.9. The SMILES string of the molecule is O=C(O)C1CC(=O)N(c2cccc3[nH]c(=O)oc23)C1. The number of nitrogens with zero attached hydrogens (tertiary/aromatic N) is 1. The topological polar surface area (TPSA) is 104 Å². The number of carboxylic acid groups (broad SMARTS) is 1. The number of nitrogens with one attached hydrogen (secondary N) is 1. The van der Waals surface area contributed by atoms with Crippen molar-refractivity contribution in [3.63, 3.8) is 0 Å². The first-order chi connectivity index (χ1) is 9.06. The van der Waals surface area contributed by atoms with Crippen LogP contribution in [0, 0.1) is 5.92 Å². The van der Waals surface area contributed by atoms with Crippen LogP contribution in [0.4, 0.5) is 5.69 Å². The Hall–Kier alpha value is -2.57. The molecule has 1 aliphatic heterocycles. The summed E-state index contributed by atoms with van der Waals surface area (Å²) < 4.78 is 5.00. The van der Waals surface area contributed by atoms with E-state index in [2.05, 4.69) is 4.98 Å². The molecule has 1 amide bonds. The fourth-order valence-electron chi connectivity index (χ4n) is 2.28. The van der Waals surface area contributed by atoms with E-state index in [1.54, 1.807) is 18.2 Å². The Balaban J connectivity index is 2.07. The Morgan fingerprint density at radius 1 is 1.42 bits per heavy atom. The number of benzene rings is 1. The zero-order valence-corrected chi connectivity index (χ0v) is 9.75. The van der Waals surface area contributed by atoms with E-state index < -0.39 is 17.6 Å². The van der Waals surface area contributed by atoms with Gasteiger partial charge in [0.1, 0.15) is 0 Å². The quantitative estimate of drug-likeness (QED) is 0.822.